The standard InChI is InChI=1S/C21H19ClN4O2/c1-14(27)16-3-2-4-18(11-16)26-20-12-19(24-13-25-20)21(28)23-10-9-15-5-7-17(22)8-6-15/h2-8,11-13H,9-10H2,1H3,(H,23,28)(H,24,25,26). The van der Waals surface area contributed by atoms with Crippen molar-refractivity contribution in [3.05, 3.63) is 82.8 Å². The van der Waals surface area contributed by atoms with Crippen molar-refractivity contribution in [1.82, 2.24) is 15.3 Å². The van der Waals surface area contributed by atoms with Gasteiger partial charge in [0.2, 0.25) is 0 Å². The van der Waals surface area contributed by atoms with Gasteiger partial charge in [0.15, 0.2) is 5.78 Å². The monoisotopic (exact) mass is 394 g/mol. The molecule has 0 aliphatic heterocycles. The molecule has 2 N–H and O–H groups in total. The van der Waals surface area contributed by atoms with Gasteiger partial charge in [-0.1, -0.05) is 35.9 Å². The van der Waals surface area contributed by atoms with E-state index in [1.165, 1.54) is 13.3 Å². The molecule has 0 radical (unpaired) electrons. The van der Waals surface area contributed by atoms with Crippen LogP contribution in [0.4, 0.5) is 11.5 Å². The SMILES string of the molecule is CC(=O)c1cccc(Nc2cc(C(=O)NCCc3ccc(Cl)cc3)ncn2)c1. The molecule has 0 aliphatic rings. The number of nitrogens with one attached hydrogen (secondary N) is 2. The van der Waals surface area contributed by atoms with Gasteiger partial charge < -0.3 is 10.6 Å². The molecule has 1 heterocycles. The first-order valence-corrected chi connectivity index (χ1v) is 9.12. The highest BCUT2D eigenvalue weighted by Crippen LogP contribution is 2.16. The summed E-state index contributed by atoms with van der Waals surface area (Å²) in [4.78, 5) is 32.0. The number of Topliss-reactive ketones (excluding diaryl/α,β-unsaturated/α-hetero) is 1. The van der Waals surface area contributed by atoms with Crippen molar-refractivity contribution in [2.45, 2.75) is 13.3 Å². The number of carbonyl (C=O) groups is 2. The molecule has 0 atom stereocenters. The number of ketones is 1. The van der Waals surface area contributed by atoms with Gasteiger partial charge in [-0.3, -0.25) is 9.59 Å². The Morgan fingerprint density at radius 1 is 1.04 bits per heavy atom. The fourth-order valence-electron chi connectivity index (χ4n) is 2.58. The minimum absolute atomic E-state index is 0.0212. The molecule has 2 aromatic carbocycles. The highest BCUT2D eigenvalue weighted by molar-refractivity contribution is 6.30. The number of carbonyl (C=O) groups excluding carboxylic acids is 2. The molecule has 1 amide bonds. The summed E-state index contributed by atoms with van der Waals surface area (Å²) >= 11 is 5.87. The molecular weight excluding hydrogens is 376 g/mol. The summed E-state index contributed by atoms with van der Waals surface area (Å²) < 4.78 is 0. The molecule has 0 fully saturated rings. The Bertz CT molecular complexity index is 990. The van der Waals surface area contributed by atoms with Crippen LogP contribution in [0.3, 0.4) is 0 Å². The van der Waals surface area contributed by atoms with Gasteiger partial charge in [0.25, 0.3) is 5.91 Å². The van der Waals surface area contributed by atoms with E-state index in [0.717, 1.165) is 5.56 Å². The fraction of sp³-hybridized carbons (Fsp3) is 0.143. The molecule has 0 aliphatic carbocycles. The summed E-state index contributed by atoms with van der Waals surface area (Å²) in [6, 6.07) is 16.1. The first-order valence-electron chi connectivity index (χ1n) is 8.74. The lowest BCUT2D eigenvalue weighted by Crippen LogP contribution is -2.26. The minimum Gasteiger partial charge on any atom is -0.350 e. The molecule has 7 heteroatoms. The van der Waals surface area contributed by atoms with Crippen molar-refractivity contribution in [2.75, 3.05) is 11.9 Å². The molecule has 0 unspecified atom stereocenters. The molecule has 28 heavy (non-hydrogen) atoms. The Labute approximate surface area is 168 Å². The molecule has 6 nitrogen and oxygen atoms in total. The van der Waals surface area contributed by atoms with Gasteiger partial charge in [-0.15, -0.1) is 0 Å². The third kappa shape index (κ3) is 5.37. The maximum absolute atomic E-state index is 12.3. The van der Waals surface area contributed by atoms with Crippen LogP contribution >= 0.6 is 11.6 Å². The van der Waals surface area contributed by atoms with Crippen molar-refractivity contribution in [1.29, 1.82) is 0 Å². The van der Waals surface area contributed by atoms with Crippen molar-refractivity contribution in [3.63, 3.8) is 0 Å². The number of hydrogen-bond donors (Lipinski definition) is 2. The maximum atomic E-state index is 12.3. The lowest BCUT2D eigenvalue weighted by molar-refractivity contribution is 0.0948. The van der Waals surface area contributed by atoms with Crippen LogP contribution in [-0.2, 0) is 6.42 Å². The predicted molar refractivity (Wildman–Crippen MR) is 109 cm³/mol. The predicted octanol–water partition coefficient (Wildman–Crippen LogP) is 4.05. The van der Waals surface area contributed by atoms with Crippen LogP contribution in [0.25, 0.3) is 0 Å². The van der Waals surface area contributed by atoms with Crippen molar-refractivity contribution in [2.24, 2.45) is 0 Å². The Balaban J connectivity index is 1.60. The average Bonchev–Trinajstić information content (AvgIpc) is 2.70. The van der Waals surface area contributed by atoms with Crippen LogP contribution in [0.5, 0.6) is 0 Å². The minimum atomic E-state index is -0.281. The van der Waals surface area contributed by atoms with Crippen molar-refractivity contribution < 1.29 is 9.59 Å². The second-order valence-electron chi connectivity index (χ2n) is 6.18. The topological polar surface area (TPSA) is 84.0 Å². The number of benzene rings is 2. The molecule has 0 bridgehead atoms. The molecule has 1 aromatic heterocycles. The van der Waals surface area contributed by atoms with E-state index in [0.29, 0.717) is 35.1 Å². The fourth-order valence-corrected chi connectivity index (χ4v) is 2.70. The van der Waals surface area contributed by atoms with Gasteiger partial charge in [-0.25, -0.2) is 9.97 Å². The lowest BCUT2D eigenvalue weighted by Gasteiger charge is -2.08. The molecule has 0 spiro atoms. The number of halogens is 1. The third-order valence-corrected chi connectivity index (χ3v) is 4.31. The van der Waals surface area contributed by atoms with Crippen LogP contribution in [0.1, 0.15) is 33.3 Å². The van der Waals surface area contributed by atoms with Crippen molar-refractivity contribution in [3.8, 4) is 0 Å². The van der Waals surface area contributed by atoms with E-state index < -0.39 is 0 Å². The van der Waals surface area contributed by atoms with E-state index in [1.54, 1.807) is 24.3 Å². The number of nitrogens with zero attached hydrogens (tertiary/aromatic N) is 2. The summed E-state index contributed by atoms with van der Waals surface area (Å²) in [6.45, 7) is 1.99. The summed E-state index contributed by atoms with van der Waals surface area (Å²) in [7, 11) is 0. The van der Waals surface area contributed by atoms with Crippen LogP contribution in [0, 0.1) is 0 Å². The first-order chi connectivity index (χ1) is 13.5. The first kappa shape index (κ1) is 19.5. The van der Waals surface area contributed by atoms with E-state index in [2.05, 4.69) is 20.6 Å². The zero-order valence-electron chi connectivity index (χ0n) is 15.3. The van der Waals surface area contributed by atoms with Crippen LogP contribution < -0.4 is 10.6 Å². The van der Waals surface area contributed by atoms with E-state index in [-0.39, 0.29) is 17.4 Å². The quantitative estimate of drug-likeness (QED) is 0.590. The van der Waals surface area contributed by atoms with Gasteiger partial charge in [0.05, 0.1) is 0 Å². The van der Waals surface area contributed by atoms with E-state index >= 15 is 0 Å². The lowest BCUT2D eigenvalue weighted by atomic mass is 10.1. The number of amides is 1. The highest BCUT2D eigenvalue weighted by Gasteiger charge is 2.09. The number of hydrogen-bond acceptors (Lipinski definition) is 5. The number of rotatable bonds is 7. The van der Waals surface area contributed by atoms with Gasteiger partial charge in [0.1, 0.15) is 17.8 Å². The van der Waals surface area contributed by atoms with Gasteiger partial charge in [-0.05, 0) is 43.2 Å². The number of aromatic nitrogens is 2. The molecule has 3 aromatic rings. The molecule has 142 valence electrons. The van der Waals surface area contributed by atoms with Crippen molar-refractivity contribution >= 4 is 34.8 Å². The second kappa shape index (κ2) is 9.10. The maximum Gasteiger partial charge on any atom is 0.270 e. The zero-order chi connectivity index (χ0) is 19.9. The number of anilines is 2. The summed E-state index contributed by atoms with van der Waals surface area (Å²) in [5.74, 6) is 0.169. The van der Waals surface area contributed by atoms with Gasteiger partial charge in [0, 0.05) is 28.9 Å². The van der Waals surface area contributed by atoms with E-state index in [1.807, 2.05) is 30.3 Å². The Morgan fingerprint density at radius 3 is 2.57 bits per heavy atom. The summed E-state index contributed by atoms with van der Waals surface area (Å²) in [6.07, 6.45) is 2.02. The summed E-state index contributed by atoms with van der Waals surface area (Å²) in [5, 5.41) is 6.61. The smallest absolute Gasteiger partial charge is 0.270 e. The highest BCUT2D eigenvalue weighted by atomic mass is 35.5. The van der Waals surface area contributed by atoms with Crippen LogP contribution in [-0.4, -0.2) is 28.2 Å². The van der Waals surface area contributed by atoms with E-state index in [9.17, 15) is 9.59 Å². The second-order valence-corrected chi connectivity index (χ2v) is 6.62. The molecular formula is C21H19ClN4O2. The molecule has 0 saturated heterocycles. The van der Waals surface area contributed by atoms with Gasteiger partial charge in [-0.2, -0.15) is 0 Å². The van der Waals surface area contributed by atoms with Gasteiger partial charge >= 0.3 is 0 Å². The third-order valence-electron chi connectivity index (χ3n) is 4.05. The van der Waals surface area contributed by atoms with Crippen LogP contribution in [0.15, 0.2) is 60.9 Å². The Morgan fingerprint density at radius 2 is 1.82 bits per heavy atom. The summed E-state index contributed by atoms with van der Waals surface area (Å²) in [5.41, 5.74) is 2.65. The Kier molecular flexibility index (Phi) is 6.34. The normalized spacial score (nSPS) is 10.4. The zero-order valence-corrected chi connectivity index (χ0v) is 16.0. The molecule has 0 saturated carbocycles. The van der Waals surface area contributed by atoms with E-state index in [4.69, 9.17) is 11.6 Å². The largest absolute Gasteiger partial charge is 0.350 e. The van der Waals surface area contributed by atoms with Crippen LogP contribution in [0.2, 0.25) is 5.02 Å². The molecule has 3 rings (SSSR count). The Hall–Kier alpha value is -3.25. The average molecular weight is 395 g/mol.